The van der Waals surface area contributed by atoms with Crippen LogP contribution in [0.3, 0.4) is 0 Å². The number of aromatic nitrogens is 3. The van der Waals surface area contributed by atoms with Gasteiger partial charge in [0.05, 0.1) is 58.0 Å². The second-order valence-corrected chi connectivity index (χ2v) is 18.3. The Hall–Kier alpha value is -6.37. The summed E-state index contributed by atoms with van der Waals surface area (Å²) >= 11 is 0. The molecule has 6 aromatic rings. The Balaban J connectivity index is 1.21. The minimum Gasteiger partial charge on any atom is -0.497 e. The van der Waals surface area contributed by atoms with E-state index in [9.17, 15) is 19.6 Å². The van der Waals surface area contributed by atoms with E-state index in [1.54, 1.807) is 26.4 Å². The number of H-pyrrole nitrogens is 2. The number of carbonyl (C=O) groups excluding carboxylic acids is 1. The Morgan fingerprint density at radius 3 is 2.19 bits per heavy atom. The zero-order chi connectivity index (χ0) is 48.2. The Bertz CT molecular complexity index is 2730. The van der Waals surface area contributed by atoms with Crippen LogP contribution in [-0.4, -0.2) is 83.4 Å². The maximum Gasteiger partial charge on any atom is 0.330 e. The monoisotopic (exact) mass is 942 g/mol. The topological polar surface area (TPSA) is 182 Å². The van der Waals surface area contributed by atoms with Gasteiger partial charge in [0.15, 0.2) is 0 Å². The number of aromatic amines is 2. The fourth-order valence-corrected chi connectivity index (χ4v) is 10.3. The highest BCUT2D eigenvalue weighted by atomic mass is 31.2. The molecule has 0 spiro atoms. The predicted octanol–water partition coefficient (Wildman–Crippen LogP) is 8.36. The van der Waals surface area contributed by atoms with Gasteiger partial charge < -0.3 is 38.3 Å². The number of methoxy groups -OCH3 is 2. The van der Waals surface area contributed by atoms with Gasteiger partial charge in [-0.2, -0.15) is 5.26 Å². The summed E-state index contributed by atoms with van der Waals surface area (Å²) in [4.78, 5) is 45.5. The SMILES string of the molecule is COc1ccc(C(OCC2OC(n3cc(C=CCNC(=O)Cc4c[nH]c5ccccc45)c(=O)[nH]c3=O)CC2OP(OCCC#N)N(C(C)C)C(C)C)(c2ccccc2)c2ccc(OC)cc2)cc1. The van der Waals surface area contributed by atoms with Crippen LogP contribution < -0.4 is 26.0 Å². The molecule has 0 saturated carbocycles. The first-order valence-electron chi connectivity index (χ1n) is 22.7. The maximum absolute atomic E-state index is 13.7. The van der Waals surface area contributed by atoms with E-state index in [1.165, 1.54) is 10.8 Å². The van der Waals surface area contributed by atoms with Crippen molar-refractivity contribution in [3.05, 3.63) is 170 Å². The van der Waals surface area contributed by atoms with Crippen LogP contribution in [-0.2, 0) is 35.3 Å². The van der Waals surface area contributed by atoms with Crippen LogP contribution in [0, 0.1) is 11.3 Å². The molecule has 7 rings (SSSR count). The second-order valence-electron chi connectivity index (χ2n) is 16.9. The standard InChI is InChI=1S/C52H59N6O9P/c1-35(2)58(36(3)4)68(65-29-13-27-53)67-46-31-49(57-33-37(50(60)56-51(57)61)14-12-28-54-48(59)30-38-32-55-45-18-11-10-17-44(38)45)66-47(46)34-64-52(39-15-8-7-9-16-39,40-19-23-42(62-5)24-20-40)41-21-25-43(63-6)26-22-41/h7-12,14-26,32-33,35-36,46-47,49,55H,13,28-31,34H2,1-6H3,(H,54,59)(H,56,60,61). The number of fused-ring (bicyclic) bond motifs is 1. The number of carbonyl (C=O) groups is 1. The van der Waals surface area contributed by atoms with Crippen LogP contribution in [0.15, 0.2) is 131 Å². The highest BCUT2D eigenvalue weighted by Gasteiger charge is 2.45. The lowest BCUT2D eigenvalue weighted by atomic mass is 9.80. The molecule has 15 nitrogen and oxygen atoms in total. The van der Waals surface area contributed by atoms with Crippen molar-refractivity contribution >= 4 is 31.4 Å². The first-order chi connectivity index (χ1) is 32.9. The lowest BCUT2D eigenvalue weighted by molar-refractivity contribution is -0.120. The minimum atomic E-state index is -1.75. The van der Waals surface area contributed by atoms with E-state index in [0.717, 1.165) is 33.2 Å². The Labute approximate surface area is 397 Å². The fraction of sp³-hybridized carbons (Fsp3) is 0.346. The molecule has 1 aliphatic rings. The number of benzene rings is 4. The van der Waals surface area contributed by atoms with Crippen LogP contribution >= 0.6 is 8.53 Å². The van der Waals surface area contributed by atoms with Crippen molar-refractivity contribution in [1.29, 1.82) is 5.26 Å². The number of hydrogen-bond acceptors (Lipinski definition) is 11. The molecule has 4 atom stereocenters. The highest BCUT2D eigenvalue weighted by Crippen LogP contribution is 2.50. The molecule has 16 heteroatoms. The summed E-state index contributed by atoms with van der Waals surface area (Å²) in [5.74, 6) is 1.17. The van der Waals surface area contributed by atoms with Crippen molar-refractivity contribution in [3.63, 3.8) is 0 Å². The van der Waals surface area contributed by atoms with Gasteiger partial charge >= 0.3 is 5.69 Å². The lowest BCUT2D eigenvalue weighted by Gasteiger charge is -2.39. The molecule has 2 aromatic heterocycles. The van der Waals surface area contributed by atoms with Crippen molar-refractivity contribution in [2.45, 2.75) is 83.1 Å². The quantitative estimate of drug-likeness (QED) is 0.0338. The van der Waals surface area contributed by atoms with Crippen LogP contribution in [0.5, 0.6) is 11.5 Å². The minimum absolute atomic E-state index is 0.0151. The molecule has 0 aliphatic carbocycles. The molecule has 3 heterocycles. The lowest BCUT2D eigenvalue weighted by Crippen LogP contribution is -2.39. The molecule has 1 fully saturated rings. The fourth-order valence-electron chi connectivity index (χ4n) is 8.53. The number of ether oxygens (including phenoxy) is 4. The van der Waals surface area contributed by atoms with E-state index < -0.39 is 43.8 Å². The van der Waals surface area contributed by atoms with Gasteiger partial charge in [0.2, 0.25) is 5.91 Å². The Kier molecular flexibility index (Phi) is 16.8. The van der Waals surface area contributed by atoms with Gasteiger partial charge in [-0.25, -0.2) is 9.46 Å². The number of rotatable bonds is 22. The molecule has 68 heavy (non-hydrogen) atoms. The van der Waals surface area contributed by atoms with E-state index >= 15 is 0 Å². The summed E-state index contributed by atoms with van der Waals surface area (Å²) < 4.78 is 42.1. The van der Waals surface area contributed by atoms with Gasteiger partial charge in [-0.05, 0) is 80.3 Å². The molecule has 356 valence electrons. The molecule has 1 amide bonds. The molecule has 0 radical (unpaired) electrons. The van der Waals surface area contributed by atoms with Crippen LogP contribution in [0.4, 0.5) is 0 Å². The molecule has 3 N–H and O–H groups in total. The molecule has 4 unspecified atom stereocenters. The highest BCUT2D eigenvalue weighted by molar-refractivity contribution is 7.44. The van der Waals surface area contributed by atoms with E-state index in [4.69, 9.17) is 28.0 Å². The van der Waals surface area contributed by atoms with Gasteiger partial charge in [-0.1, -0.05) is 84.9 Å². The average molecular weight is 943 g/mol. The van der Waals surface area contributed by atoms with Crippen LogP contribution in [0.1, 0.15) is 74.6 Å². The van der Waals surface area contributed by atoms with Crippen molar-refractivity contribution in [2.75, 3.05) is 34.0 Å². The van der Waals surface area contributed by atoms with Crippen LogP contribution in [0.25, 0.3) is 17.0 Å². The Morgan fingerprint density at radius 1 is 0.926 bits per heavy atom. The van der Waals surface area contributed by atoms with E-state index in [2.05, 4.69) is 53.7 Å². The zero-order valence-corrected chi connectivity index (χ0v) is 40.1. The predicted molar refractivity (Wildman–Crippen MR) is 262 cm³/mol. The van der Waals surface area contributed by atoms with Gasteiger partial charge in [0.1, 0.15) is 29.4 Å². The molecule has 0 bridgehead atoms. The first kappa shape index (κ1) is 49.5. The molecular weight excluding hydrogens is 884 g/mol. The normalized spacial score (nSPS) is 16.7. The summed E-state index contributed by atoms with van der Waals surface area (Å²) in [6.45, 7) is 8.51. The number of hydrogen-bond donors (Lipinski definition) is 3. The van der Waals surface area contributed by atoms with Gasteiger partial charge in [-0.3, -0.25) is 19.1 Å². The third-order valence-corrected chi connectivity index (χ3v) is 13.9. The van der Waals surface area contributed by atoms with E-state index in [0.29, 0.717) is 11.5 Å². The summed E-state index contributed by atoms with van der Waals surface area (Å²) in [5.41, 5.74) is 2.04. The van der Waals surface area contributed by atoms with Gasteiger partial charge in [-0.15, -0.1) is 0 Å². The largest absolute Gasteiger partial charge is 0.497 e. The van der Waals surface area contributed by atoms with Gasteiger partial charge in [0.25, 0.3) is 14.1 Å². The van der Waals surface area contributed by atoms with Crippen molar-refractivity contribution in [3.8, 4) is 17.6 Å². The number of nitriles is 1. The second kappa shape index (κ2) is 23.1. The zero-order valence-electron chi connectivity index (χ0n) is 39.2. The summed E-state index contributed by atoms with van der Waals surface area (Å²) in [5, 5.41) is 13.3. The first-order valence-corrected chi connectivity index (χ1v) is 23.8. The third kappa shape index (κ3) is 11.5. The molecule has 1 aliphatic heterocycles. The average Bonchev–Trinajstić information content (AvgIpc) is 3.94. The maximum atomic E-state index is 13.7. The molecule has 1 saturated heterocycles. The number of para-hydroxylation sites is 1. The number of nitrogens with zero attached hydrogens (tertiary/aromatic N) is 3. The smallest absolute Gasteiger partial charge is 0.330 e. The summed E-state index contributed by atoms with van der Waals surface area (Å²) in [6.07, 6.45) is 4.66. The number of amides is 1. The third-order valence-electron chi connectivity index (χ3n) is 11.8. The van der Waals surface area contributed by atoms with Crippen molar-refractivity contribution < 1.29 is 32.8 Å². The number of nitrogens with one attached hydrogen (secondary N) is 3. The van der Waals surface area contributed by atoms with E-state index in [1.807, 2.05) is 109 Å². The van der Waals surface area contributed by atoms with Crippen molar-refractivity contribution in [2.24, 2.45) is 0 Å². The van der Waals surface area contributed by atoms with Gasteiger partial charge in [0, 0.05) is 48.3 Å². The molecular formula is C52H59N6O9P. The van der Waals surface area contributed by atoms with E-state index in [-0.39, 0.29) is 62.6 Å². The molecule has 4 aromatic carbocycles. The summed E-state index contributed by atoms with van der Waals surface area (Å²) in [6, 6.07) is 35.3. The van der Waals surface area contributed by atoms with Crippen molar-refractivity contribution in [1.82, 2.24) is 24.5 Å². The van der Waals surface area contributed by atoms with Crippen LogP contribution in [0.2, 0.25) is 0 Å². The summed E-state index contributed by atoms with van der Waals surface area (Å²) in [7, 11) is 1.48. The Morgan fingerprint density at radius 2 is 1.56 bits per heavy atom.